The monoisotopic (exact) mass is 576 g/mol. The Hall–Kier alpha value is -3.73. The molecule has 0 bridgehead atoms. The number of carbonyl (C=O) groups is 1. The molecule has 1 saturated heterocycles. The summed E-state index contributed by atoms with van der Waals surface area (Å²) in [5.74, 6) is -1.46. The molecule has 1 fully saturated rings. The van der Waals surface area contributed by atoms with E-state index in [1.165, 1.54) is 18.2 Å². The molecule has 0 spiro atoms. The standard InChI is InChI=1S/C29H35FN4O5S.3H2/c1-17(2)15-39-21-11-19(10-20(30)12-21)23-7-6-22(28(32-23)34-14-18(3)13-29(34,4)5)25(36)16-40(37,38)26-9-8-24(35)27(31)33-26;;;/h6-12,17-18,35H,13-16H2,1-5H3,(H2,31,33);3*1H/t18-;;;/m0.../s1. The Kier molecular flexibility index (Phi) is 8.07. The number of pyridine rings is 2. The van der Waals surface area contributed by atoms with E-state index in [9.17, 15) is 22.7 Å². The van der Waals surface area contributed by atoms with Gasteiger partial charge in [-0.2, -0.15) is 0 Å². The van der Waals surface area contributed by atoms with Crippen molar-refractivity contribution in [2.24, 2.45) is 11.8 Å². The molecular weight excluding hydrogens is 535 g/mol. The van der Waals surface area contributed by atoms with Crippen LogP contribution in [0.1, 0.15) is 55.7 Å². The first-order chi connectivity index (χ1) is 18.7. The Morgan fingerprint density at radius 3 is 2.58 bits per heavy atom. The van der Waals surface area contributed by atoms with Crippen molar-refractivity contribution in [1.29, 1.82) is 0 Å². The van der Waals surface area contributed by atoms with Crippen molar-refractivity contribution in [3.05, 3.63) is 53.8 Å². The van der Waals surface area contributed by atoms with Crippen molar-refractivity contribution >= 4 is 27.3 Å². The fourth-order valence-corrected chi connectivity index (χ4v) is 6.16. The number of Topliss-reactive ketones (excluding diaryl/α,β-unsaturated/α-hetero) is 1. The zero-order valence-electron chi connectivity index (χ0n) is 23.3. The summed E-state index contributed by atoms with van der Waals surface area (Å²) in [4.78, 5) is 24.1. The molecular formula is C29H41FN4O5S. The van der Waals surface area contributed by atoms with Gasteiger partial charge in [-0.3, -0.25) is 4.79 Å². The number of aromatic nitrogens is 2. The molecule has 1 atom stereocenters. The number of nitrogens with zero attached hydrogens (tertiary/aromatic N) is 3. The number of aromatic hydroxyl groups is 1. The molecule has 1 aliphatic heterocycles. The van der Waals surface area contributed by atoms with Crippen LogP contribution in [0.5, 0.6) is 11.5 Å². The van der Waals surface area contributed by atoms with Crippen LogP contribution in [0.25, 0.3) is 11.3 Å². The van der Waals surface area contributed by atoms with Crippen molar-refractivity contribution in [3.8, 4) is 22.8 Å². The lowest BCUT2D eigenvalue weighted by atomic mass is 9.97. The third kappa shape index (κ3) is 6.35. The predicted octanol–water partition coefficient (Wildman–Crippen LogP) is 5.62. The van der Waals surface area contributed by atoms with Gasteiger partial charge in [0.15, 0.2) is 22.4 Å². The summed E-state index contributed by atoms with van der Waals surface area (Å²) >= 11 is 0. The summed E-state index contributed by atoms with van der Waals surface area (Å²) in [7, 11) is -4.18. The number of rotatable bonds is 9. The molecule has 0 amide bonds. The molecule has 40 heavy (non-hydrogen) atoms. The van der Waals surface area contributed by atoms with Gasteiger partial charge in [-0.1, -0.05) is 20.8 Å². The predicted molar refractivity (Wildman–Crippen MR) is 158 cm³/mol. The second-order valence-electron chi connectivity index (χ2n) is 11.4. The summed E-state index contributed by atoms with van der Waals surface area (Å²) in [6, 6.07) is 9.69. The summed E-state index contributed by atoms with van der Waals surface area (Å²) in [6.45, 7) is 11.2. The molecule has 4 rings (SSSR count). The fraction of sp³-hybridized carbons (Fsp3) is 0.414. The highest BCUT2D eigenvalue weighted by atomic mass is 32.2. The fourth-order valence-electron chi connectivity index (χ4n) is 5.00. The quantitative estimate of drug-likeness (QED) is 0.311. The molecule has 11 heteroatoms. The van der Waals surface area contributed by atoms with Crippen LogP contribution in [0, 0.1) is 17.7 Å². The van der Waals surface area contributed by atoms with Gasteiger partial charge in [-0.05, 0) is 68.5 Å². The van der Waals surface area contributed by atoms with Crippen molar-refractivity contribution < 1.29 is 31.7 Å². The SMILES string of the molecule is CC(C)COc1cc(F)cc(-c2ccc(C(=O)CS(=O)(=O)c3ccc(O)c(N)n3)c(N3C[C@@H](C)CC3(C)C)n2)c1.[HH].[HH].[HH]. The van der Waals surface area contributed by atoms with Crippen LogP contribution in [0.2, 0.25) is 0 Å². The molecule has 3 heterocycles. The van der Waals surface area contributed by atoms with Crippen LogP contribution in [0.3, 0.4) is 0 Å². The Bertz CT molecular complexity index is 1560. The lowest BCUT2D eigenvalue weighted by molar-refractivity contribution is 0.102. The first-order valence-corrected chi connectivity index (χ1v) is 14.8. The number of carbonyl (C=O) groups excluding carboxylic acids is 1. The Morgan fingerprint density at radius 1 is 1.23 bits per heavy atom. The number of halogens is 1. The minimum atomic E-state index is -4.18. The third-order valence-corrected chi connectivity index (χ3v) is 8.28. The number of nitrogen functional groups attached to an aromatic ring is 1. The Morgan fingerprint density at radius 2 is 1.95 bits per heavy atom. The third-order valence-electron chi connectivity index (χ3n) is 6.77. The second kappa shape index (κ2) is 11.0. The molecule has 1 aliphatic rings. The van der Waals surface area contributed by atoms with Crippen LogP contribution in [-0.2, 0) is 9.84 Å². The maximum Gasteiger partial charge on any atom is 0.203 e. The van der Waals surface area contributed by atoms with Gasteiger partial charge >= 0.3 is 0 Å². The first kappa shape index (κ1) is 29.3. The molecule has 0 aliphatic carbocycles. The zero-order valence-corrected chi connectivity index (χ0v) is 24.1. The van der Waals surface area contributed by atoms with Crippen molar-refractivity contribution in [2.45, 2.75) is 51.6 Å². The maximum atomic E-state index is 14.6. The van der Waals surface area contributed by atoms with E-state index in [1.807, 2.05) is 32.6 Å². The summed E-state index contributed by atoms with van der Waals surface area (Å²) in [5.41, 5.74) is 6.24. The number of hydrogen-bond acceptors (Lipinski definition) is 9. The van der Waals surface area contributed by atoms with E-state index < -0.39 is 32.2 Å². The van der Waals surface area contributed by atoms with Crippen molar-refractivity contribution in [1.82, 2.24) is 9.97 Å². The first-order valence-electron chi connectivity index (χ1n) is 13.1. The molecule has 1 aromatic carbocycles. The normalized spacial score (nSPS) is 16.9. The van der Waals surface area contributed by atoms with Crippen molar-refractivity contribution in [3.63, 3.8) is 0 Å². The van der Waals surface area contributed by atoms with Gasteiger partial charge in [-0.15, -0.1) is 0 Å². The molecule has 3 N–H and O–H groups in total. The average molecular weight is 577 g/mol. The molecule has 0 radical (unpaired) electrons. The minimum Gasteiger partial charge on any atom is -0.504 e. The minimum absolute atomic E-state index is 0. The zero-order chi connectivity index (χ0) is 29.4. The summed E-state index contributed by atoms with van der Waals surface area (Å²) in [5, 5.41) is 9.20. The van der Waals surface area contributed by atoms with Crippen LogP contribution >= 0.6 is 0 Å². The van der Waals surface area contributed by atoms with E-state index in [2.05, 4.69) is 11.9 Å². The van der Waals surface area contributed by atoms with Gasteiger partial charge in [0.1, 0.15) is 23.1 Å². The van der Waals surface area contributed by atoms with Crippen LogP contribution < -0.4 is 15.4 Å². The number of ether oxygens (including phenoxy) is 1. The average Bonchev–Trinajstić information content (AvgIpc) is 3.14. The summed E-state index contributed by atoms with van der Waals surface area (Å²) in [6.07, 6.45) is 0.842. The van der Waals surface area contributed by atoms with Crippen LogP contribution in [0.4, 0.5) is 16.0 Å². The van der Waals surface area contributed by atoms with Crippen LogP contribution in [0.15, 0.2) is 47.5 Å². The molecule has 0 unspecified atom stereocenters. The largest absolute Gasteiger partial charge is 0.504 e. The van der Waals surface area contributed by atoms with E-state index in [1.54, 1.807) is 12.1 Å². The van der Waals surface area contributed by atoms with Gasteiger partial charge in [-0.25, -0.2) is 22.8 Å². The van der Waals surface area contributed by atoms with Gasteiger partial charge in [0.2, 0.25) is 9.84 Å². The molecule has 9 nitrogen and oxygen atoms in total. The van der Waals surface area contributed by atoms with E-state index >= 15 is 0 Å². The highest BCUT2D eigenvalue weighted by Crippen LogP contribution is 2.39. The van der Waals surface area contributed by atoms with E-state index in [-0.39, 0.29) is 32.9 Å². The van der Waals surface area contributed by atoms with Gasteiger partial charge in [0, 0.05) is 28.0 Å². The highest BCUT2D eigenvalue weighted by Gasteiger charge is 2.39. The second-order valence-corrected chi connectivity index (χ2v) is 13.4. The number of ketones is 1. The number of sulfone groups is 1. The Labute approximate surface area is 238 Å². The smallest absolute Gasteiger partial charge is 0.203 e. The number of anilines is 2. The highest BCUT2D eigenvalue weighted by molar-refractivity contribution is 7.92. The number of hydrogen-bond donors (Lipinski definition) is 2. The van der Waals surface area contributed by atoms with Crippen molar-refractivity contribution in [2.75, 3.05) is 29.5 Å². The Balaban J connectivity index is 0.00000308. The van der Waals surface area contributed by atoms with Crippen LogP contribution in [-0.4, -0.2) is 53.7 Å². The lowest BCUT2D eigenvalue weighted by Crippen LogP contribution is -2.40. The maximum absolute atomic E-state index is 14.6. The number of nitrogens with two attached hydrogens (primary N) is 1. The molecule has 0 saturated carbocycles. The van der Waals surface area contributed by atoms with Gasteiger partial charge in [0.05, 0.1) is 17.9 Å². The van der Waals surface area contributed by atoms with E-state index in [0.717, 1.165) is 18.6 Å². The van der Waals surface area contributed by atoms with E-state index in [4.69, 9.17) is 15.5 Å². The van der Waals surface area contributed by atoms with E-state index in [0.29, 0.717) is 41.9 Å². The van der Waals surface area contributed by atoms with Gasteiger partial charge in [0.25, 0.3) is 0 Å². The number of benzene rings is 1. The molecule has 2 aromatic heterocycles. The van der Waals surface area contributed by atoms with Gasteiger partial charge < -0.3 is 20.5 Å². The topological polar surface area (TPSA) is 136 Å². The molecule has 3 aromatic rings. The lowest BCUT2D eigenvalue weighted by Gasteiger charge is -2.34. The summed E-state index contributed by atoms with van der Waals surface area (Å²) < 4.78 is 46.4. The molecule has 220 valence electrons.